The molecule has 0 saturated carbocycles. The highest BCUT2D eigenvalue weighted by atomic mass is 16.5. The van der Waals surface area contributed by atoms with E-state index in [9.17, 15) is 14.4 Å². The van der Waals surface area contributed by atoms with Crippen molar-refractivity contribution in [2.75, 3.05) is 45.9 Å². The molecule has 0 radical (unpaired) electrons. The summed E-state index contributed by atoms with van der Waals surface area (Å²) in [5.74, 6) is -0.224. The smallest absolute Gasteiger partial charge is 0.307 e. The van der Waals surface area contributed by atoms with Gasteiger partial charge in [-0.25, -0.2) is 0 Å². The zero-order valence-corrected chi connectivity index (χ0v) is 17.8. The van der Waals surface area contributed by atoms with Crippen molar-refractivity contribution in [2.24, 2.45) is 5.92 Å². The van der Waals surface area contributed by atoms with Gasteiger partial charge < -0.3 is 14.5 Å². The Labute approximate surface area is 169 Å². The summed E-state index contributed by atoms with van der Waals surface area (Å²) in [6, 6.07) is 0.355. The predicted octanol–water partition coefficient (Wildman–Crippen LogP) is 1.90. The van der Waals surface area contributed by atoms with E-state index in [-0.39, 0.29) is 30.1 Å². The predicted molar refractivity (Wildman–Crippen MR) is 108 cm³/mol. The van der Waals surface area contributed by atoms with Gasteiger partial charge in [-0.3, -0.25) is 19.3 Å². The quantitative estimate of drug-likeness (QED) is 0.558. The minimum atomic E-state index is -0.259. The van der Waals surface area contributed by atoms with Crippen LogP contribution in [0.2, 0.25) is 0 Å². The van der Waals surface area contributed by atoms with Gasteiger partial charge in [-0.05, 0) is 45.7 Å². The number of rotatable bonds is 9. The van der Waals surface area contributed by atoms with E-state index >= 15 is 0 Å². The summed E-state index contributed by atoms with van der Waals surface area (Å²) < 4.78 is 5.05. The van der Waals surface area contributed by atoms with Crippen molar-refractivity contribution in [2.45, 2.75) is 65.3 Å². The first-order valence-electron chi connectivity index (χ1n) is 11.0. The van der Waals surface area contributed by atoms with Crippen molar-refractivity contribution >= 4 is 17.8 Å². The Bertz CT molecular complexity index is 540. The molecule has 2 heterocycles. The lowest BCUT2D eigenvalue weighted by atomic mass is 9.95. The third-order valence-electron chi connectivity index (χ3n) is 5.97. The molecule has 7 nitrogen and oxygen atoms in total. The van der Waals surface area contributed by atoms with E-state index in [4.69, 9.17) is 4.74 Å². The van der Waals surface area contributed by atoms with E-state index in [0.717, 1.165) is 45.3 Å². The normalized spacial score (nSPS) is 22.9. The fourth-order valence-corrected chi connectivity index (χ4v) is 4.41. The maximum atomic E-state index is 13.3. The van der Waals surface area contributed by atoms with Crippen LogP contribution < -0.4 is 0 Å². The van der Waals surface area contributed by atoms with Crippen molar-refractivity contribution in [3.05, 3.63) is 0 Å². The lowest BCUT2D eigenvalue weighted by Gasteiger charge is -2.36. The second-order valence-electron chi connectivity index (χ2n) is 7.80. The standard InChI is InChI=1S/C21H37N3O4/c1-4-19(25)23-13-7-9-17(15-23)21(27)24(14-11-20(26)28-6-3)16-18-10-8-12-22(18)5-2/h17-18H,4-16H2,1-3H3. The molecule has 2 rings (SSSR count). The molecule has 2 aliphatic heterocycles. The molecule has 0 N–H and O–H groups in total. The molecule has 0 aromatic rings. The van der Waals surface area contributed by atoms with E-state index in [1.807, 2.05) is 16.7 Å². The maximum absolute atomic E-state index is 13.3. The molecule has 0 aromatic carbocycles. The van der Waals surface area contributed by atoms with Crippen LogP contribution in [0.15, 0.2) is 0 Å². The molecule has 0 aliphatic carbocycles. The van der Waals surface area contributed by atoms with Crippen LogP contribution in [0.1, 0.15) is 59.3 Å². The van der Waals surface area contributed by atoms with Crippen LogP contribution in [0.4, 0.5) is 0 Å². The molecule has 2 fully saturated rings. The third-order valence-corrected chi connectivity index (χ3v) is 5.97. The third kappa shape index (κ3) is 6.19. The average molecular weight is 396 g/mol. The zero-order valence-electron chi connectivity index (χ0n) is 17.8. The molecule has 7 heteroatoms. The fraction of sp³-hybridized carbons (Fsp3) is 0.857. The van der Waals surface area contributed by atoms with Crippen LogP contribution >= 0.6 is 0 Å². The molecule has 2 saturated heterocycles. The Morgan fingerprint density at radius 1 is 1.07 bits per heavy atom. The van der Waals surface area contributed by atoms with Gasteiger partial charge in [0, 0.05) is 38.6 Å². The molecule has 28 heavy (non-hydrogen) atoms. The molecular weight excluding hydrogens is 358 g/mol. The second-order valence-corrected chi connectivity index (χ2v) is 7.80. The Balaban J connectivity index is 2.04. The van der Waals surface area contributed by atoms with Crippen LogP contribution in [0, 0.1) is 5.92 Å². The highest BCUT2D eigenvalue weighted by molar-refractivity contribution is 5.82. The molecule has 0 aromatic heterocycles. The summed E-state index contributed by atoms with van der Waals surface area (Å²) in [7, 11) is 0. The highest BCUT2D eigenvalue weighted by Crippen LogP contribution is 2.23. The van der Waals surface area contributed by atoms with Crippen LogP contribution in [0.5, 0.6) is 0 Å². The Hall–Kier alpha value is -1.63. The van der Waals surface area contributed by atoms with Gasteiger partial charge in [-0.2, -0.15) is 0 Å². The van der Waals surface area contributed by atoms with Crippen molar-refractivity contribution < 1.29 is 19.1 Å². The van der Waals surface area contributed by atoms with E-state index in [0.29, 0.717) is 38.7 Å². The van der Waals surface area contributed by atoms with Gasteiger partial charge in [0.1, 0.15) is 0 Å². The number of nitrogens with zero attached hydrogens (tertiary/aromatic N) is 3. The van der Waals surface area contributed by atoms with Gasteiger partial charge in [-0.15, -0.1) is 0 Å². The van der Waals surface area contributed by atoms with Gasteiger partial charge in [0.2, 0.25) is 11.8 Å². The Morgan fingerprint density at radius 3 is 2.50 bits per heavy atom. The minimum absolute atomic E-state index is 0.0841. The lowest BCUT2D eigenvalue weighted by Crippen LogP contribution is -2.50. The van der Waals surface area contributed by atoms with Crippen LogP contribution in [-0.4, -0.2) is 84.4 Å². The minimum Gasteiger partial charge on any atom is -0.466 e. The van der Waals surface area contributed by atoms with Crippen molar-refractivity contribution in [1.29, 1.82) is 0 Å². The van der Waals surface area contributed by atoms with Gasteiger partial charge in [0.25, 0.3) is 0 Å². The number of carbonyl (C=O) groups excluding carboxylic acids is 3. The number of ether oxygens (including phenoxy) is 1. The molecule has 2 aliphatic rings. The molecule has 0 bridgehead atoms. The summed E-state index contributed by atoms with van der Waals surface area (Å²) in [6.07, 6.45) is 4.61. The summed E-state index contributed by atoms with van der Waals surface area (Å²) >= 11 is 0. The zero-order chi connectivity index (χ0) is 20.5. The van der Waals surface area contributed by atoms with Gasteiger partial charge >= 0.3 is 5.97 Å². The second kappa shape index (κ2) is 11.4. The largest absolute Gasteiger partial charge is 0.466 e. The lowest BCUT2D eigenvalue weighted by molar-refractivity contribution is -0.145. The fourth-order valence-electron chi connectivity index (χ4n) is 4.41. The van der Waals surface area contributed by atoms with E-state index in [1.54, 1.807) is 6.92 Å². The molecule has 2 unspecified atom stereocenters. The monoisotopic (exact) mass is 395 g/mol. The molecule has 2 atom stereocenters. The summed E-state index contributed by atoms with van der Waals surface area (Å²) in [6.45, 7) is 10.5. The Morgan fingerprint density at radius 2 is 1.82 bits per heavy atom. The van der Waals surface area contributed by atoms with Crippen molar-refractivity contribution in [3.8, 4) is 0 Å². The first-order chi connectivity index (χ1) is 13.5. The average Bonchev–Trinajstić information content (AvgIpc) is 3.17. The summed E-state index contributed by atoms with van der Waals surface area (Å²) in [5, 5.41) is 0. The van der Waals surface area contributed by atoms with Crippen LogP contribution in [0.25, 0.3) is 0 Å². The number of amides is 2. The van der Waals surface area contributed by atoms with Gasteiger partial charge in [-0.1, -0.05) is 13.8 Å². The molecule has 2 amide bonds. The SMILES string of the molecule is CCOC(=O)CCN(CC1CCCN1CC)C(=O)C1CCCN(C(=O)CC)C1. The molecular formula is C21H37N3O4. The number of likely N-dealkylation sites (tertiary alicyclic amines) is 2. The van der Waals surface area contributed by atoms with Gasteiger partial charge in [0.05, 0.1) is 18.9 Å². The molecule has 0 spiro atoms. The molecule has 160 valence electrons. The number of piperidine rings is 1. The highest BCUT2D eigenvalue weighted by Gasteiger charge is 2.33. The van der Waals surface area contributed by atoms with Crippen LogP contribution in [0.3, 0.4) is 0 Å². The van der Waals surface area contributed by atoms with Crippen molar-refractivity contribution in [3.63, 3.8) is 0 Å². The topological polar surface area (TPSA) is 70.2 Å². The number of hydrogen-bond acceptors (Lipinski definition) is 5. The Kier molecular flexibility index (Phi) is 9.22. The summed E-state index contributed by atoms with van der Waals surface area (Å²) in [5.41, 5.74) is 0. The van der Waals surface area contributed by atoms with E-state index in [1.165, 1.54) is 0 Å². The first kappa shape index (κ1) is 22.7. The van der Waals surface area contributed by atoms with Crippen LogP contribution in [-0.2, 0) is 19.1 Å². The van der Waals surface area contributed by atoms with E-state index in [2.05, 4.69) is 11.8 Å². The van der Waals surface area contributed by atoms with Gasteiger partial charge in [0.15, 0.2) is 0 Å². The number of hydrogen-bond donors (Lipinski definition) is 0. The van der Waals surface area contributed by atoms with Crippen molar-refractivity contribution in [1.82, 2.24) is 14.7 Å². The number of carbonyl (C=O) groups is 3. The van der Waals surface area contributed by atoms with E-state index < -0.39 is 0 Å². The number of likely N-dealkylation sites (N-methyl/N-ethyl adjacent to an activating group) is 1. The number of esters is 1. The summed E-state index contributed by atoms with van der Waals surface area (Å²) in [4.78, 5) is 43.4. The first-order valence-corrected chi connectivity index (χ1v) is 11.0. The maximum Gasteiger partial charge on any atom is 0.307 e.